The minimum atomic E-state index is -2.58. The molecule has 2 heterocycles. The van der Waals surface area contributed by atoms with E-state index in [1.54, 1.807) is 11.4 Å². The second kappa shape index (κ2) is 7.46. The molecule has 0 aliphatic carbocycles. The molecule has 0 unspecified atom stereocenters. The predicted molar refractivity (Wildman–Crippen MR) is 75.2 cm³/mol. The van der Waals surface area contributed by atoms with Crippen LogP contribution in [0.2, 0.25) is 0 Å². The van der Waals surface area contributed by atoms with Crippen LogP contribution in [0.15, 0.2) is 26.7 Å². The Kier molecular flexibility index (Phi) is 6.24. The molecule has 0 fully saturated rings. The van der Waals surface area contributed by atoms with E-state index in [1.165, 1.54) is 16.7 Å². The third-order valence-electron chi connectivity index (χ3n) is 1.90. The number of halogens is 3. The Hall–Kier alpha value is -1.32. The van der Waals surface area contributed by atoms with E-state index in [9.17, 15) is 18.4 Å². The standard InChI is InChI=1S/C6H4F2O2S.C5H3BrO2S/c7-5(8)4-1-3(2-11-4)6(9)10;6-4-1-3(2-9-4)5(7)8/h1-2,5H,(H,9,10);1-2H,(H,7,8). The molecule has 0 bridgehead atoms. The highest BCUT2D eigenvalue weighted by molar-refractivity contribution is 9.11. The maximum Gasteiger partial charge on any atom is 0.336 e. The maximum atomic E-state index is 11.9. The molecule has 0 saturated carbocycles. The maximum absolute atomic E-state index is 11.9. The lowest BCUT2D eigenvalue weighted by molar-refractivity contribution is 0.0686. The molecule has 2 aromatic rings. The first-order chi connectivity index (χ1) is 9.31. The van der Waals surface area contributed by atoms with Gasteiger partial charge >= 0.3 is 11.9 Å². The first kappa shape index (κ1) is 16.7. The number of carboxylic acids is 2. The van der Waals surface area contributed by atoms with Crippen LogP contribution in [0.1, 0.15) is 32.0 Å². The van der Waals surface area contributed by atoms with Gasteiger partial charge in [-0.15, -0.1) is 22.7 Å². The van der Waals surface area contributed by atoms with Crippen molar-refractivity contribution in [3.8, 4) is 0 Å². The molecular weight excluding hydrogens is 378 g/mol. The molecule has 20 heavy (non-hydrogen) atoms. The largest absolute Gasteiger partial charge is 0.478 e. The third-order valence-corrected chi connectivity index (χ3v) is 4.34. The molecule has 2 aromatic heterocycles. The Bertz CT molecular complexity index is 609. The number of rotatable bonds is 3. The van der Waals surface area contributed by atoms with E-state index in [-0.39, 0.29) is 10.4 Å². The van der Waals surface area contributed by atoms with E-state index in [2.05, 4.69) is 15.9 Å². The zero-order chi connectivity index (χ0) is 15.3. The van der Waals surface area contributed by atoms with Crippen LogP contribution in [0, 0.1) is 0 Å². The van der Waals surface area contributed by atoms with Gasteiger partial charge in [-0.25, -0.2) is 18.4 Å². The highest BCUT2D eigenvalue weighted by Gasteiger charge is 2.12. The van der Waals surface area contributed by atoms with Crippen LogP contribution >= 0.6 is 38.6 Å². The third kappa shape index (κ3) is 4.99. The summed E-state index contributed by atoms with van der Waals surface area (Å²) < 4.78 is 24.6. The predicted octanol–water partition coefficient (Wildman–Crippen LogP) is 4.59. The van der Waals surface area contributed by atoms with Gasteiger partial charge < -0.3 is 10.2 Å². The Morgan fingerprint density at radius 3 is 1.80 bits per heavy atom. The summed E-state index contributed by atoms with van der Waals surface area (Å²) in [5.41, 5.74) is 0.261. The van der Waals surface area contributed by atoms with Crippen molar-refractivity contribution in [2.24, 2.45) is 0 Å². The van der Waals surface area contributed by atoms with Gasteiger partial charge in [0.2, 0.25) is 0 Å². The fourth-order valence-corrected chi connectivity index (χ4v) is 2.86. The Balaban J connectivity index is 0.000000204. The summed E-state index contributed by atoms with van der Waals surface area (Å²) in [6.07, 6.45) is -2.58. The minimum Gasteiger partial charge on any atom is -0.478 e. The van der Waals surface area contributed by atoms with Gasteiger partial charge in [0.05, 0.1) is 19.8 Å². The second-order valence-electron chi connectivity index (χ2n) is 3.29. The molecule has 2 N–H and O–H groups in total. The second-order valence-corrected chi connectivity index (χ2v) is 6.52. The van der Waals surface area contributed by atoms with Gasteiger partial charge in [0.25, 0.3) is 6.43 Å². The average Bonchev–Trinajstić information content (AvgIpc) is 2.97. The Morgan fingerprint density at radius 1 is 1.05 bits per heavy atom. The SMILES string of the molecule is O=C(O)c1csc(Br)c1.O=C(O)c1csc(C(F)F)c1. The number of carboxylic acid groups (broad SMARTS) is 2. The van der Waals surface area contributed by atoms with Gasteiger partial charge in [0.1, 0.15) is 0 Å². The Morgan fingerprint density at radius 2 is 1.55 bits per heavy atom. The summed E-state index contributed by atoms with van der Waals surface area (Å²) >= 11 is 5.28. The van der Waals surface area contributed by atoms with Crippen molar-refractivity contribution in [3.63, 3.8) is 0 Å². The Labute approximate surface area is 128 Å². The smallest absolute Gasteiger partial charge is 0.336 e. The van der Waals surface area contributed by atoms with Crippen LogP contribution in [0.4, 0.5) is 8.78 Å². The molecule has 0 radical (unpaired) electrons. The molecule has 0 saturated heterocycles. The molecule has 2 rings (SSSR count). The van der Waals surface area contributed by atoms with Crippen LogP contribution < -0.4 is 0 Å². The molecule has 0 aliphatic rings. The summed E-state index contributed by atoms with van der Waals surface area (Å²) in [4.78, 5) is 20.2. The minimum absolute atomic E-state index is 0.0784. The highest BCUT2D eigenvalue weighted by atomic mass is 79.9. The fourth-order valence-electron chi connectivity index (χ4n) is 1.00. The van der Waals surface area contributed by atoms with Crippen LogP contribution in [-0.4, -0.2) is 22.2 Å². The van der Waals surface area contributed by atoms with E-state index >= 15 is 0 Å². The normalized spacial score (nSPS) is 10.0. The van der Waals surface area contributed by atoms with E-state index < -0.39 is 18.4 Å². The first-order valence-electron chi connectivity index (χ1n) is 4.88. The van der Waals surface area contributed by atoms with Gasteiger partial charge in [-0.1, -0.05) is 0 Å². The lowest BCUT2D eigenvalue weighted by Gasteiger charge is -1.88. The topological polar surface area (TPSA) is 74.6 Å². The molecule has 9 heteroatoms. The summed E-state index contributed by atoms with van der Waals surface area (Å²) in [6, 6.07) is 2.56. The highest BCUT2D eigenvalue weighted by Crippen LogP contribution is 2.25. The average molecular weight is 385 g/mol. The molecule has 0 spiro atoms. The van der Waals surface area contributed by atoms with Gasteiger partial charge in [0, 0.05) is 10.8 Å². The molecule has 4 nitrogen and oxygen atoms in total. The fraction of sp³-hybridized carbons (Fsp3) is 0.0909. The molecule has 0 amide bonds. The summed E-state index contributed by atoms with van der Waals surface area (Å²) in [6.45, 7) is 0. The van der Waals surface area contributed by atoms with Crippen molar-refractivity contribution in [1.82, 2.24) is 0 Å². The van der Waals surface area contributed by atoms with E-state index in [4.69, 9.17) is 10.2 Å². The monoisotopic (exact) mass is 384 g/mol. The summed E-state index contributed by atoms with van der Waals surface area (Å²) in [5.74, 6) is -2.05. The number of hydrogen-bond donors (Lipinski definition) is 2. The van der Waals surface area contributed by atoms with Crippen molar-refractivity contribution >= 4 is 50.5 Å². The quantitative estimate of drug-likeness (QED) is 0.810. The first-order valence-corrected chi connectivity index (χ1v) is 7.43. The van der Waals surface area contributed by atoms with Crippen molar-refractivity contribution in [2.75, 3.05) is 0 Å². The zero-order valence-corrected chi connectivity index (χ0v) is 12.8. The number of hydrogen-bond acceptors (Lipinski definition) is 4. The number of carbonyl (C=O) groups is 2. The molecule has 108 valence electrons. The van der Waals surface area contributed by atoms with Crippen LogP contribution in [0.5, 0.6) is 0 Å². The van der Waals surface area contributed by atoms with Crippen molar-refractivity contribution in [1.29, 1.82) is 0 Å². The van der Waals surface area contributed by atoms with Crippen LogP contribution in [0.3, 0.4) is 0 Å². The van der Waals surface area contributed by atoms with Crippen molar-refractivity contribution < 1.29 is 28.6 Å². The van der Waals surface area contributed by atoms with Crippen LogP contribution in [-0.2, 0) is 0 Å². The lowest BCUT2D eigenvalue weighted by atomic mass is 10.3. The molecular formula is C11H7BrF2O4S2. The zero-order valence-electron chi connectivity index (χ0n) is 9.55. The summed E-state index contributed by atoms with van der Waals surface area (Å²) in [5, 5.41) is 19.5. The number of aromatic carboxylic acids is 2. The van der Waals surface area contributed by atoms with E-state index in [0.717, 1.165) is 21.2 Å². The van der Waals surface area contributed by atoms with Crippen LogP contribution in [0.25, 0.3) is 0 Å². The molecule has 0 aromatic carbocycles. The lowest BCUT2D eigenvalue weighted by Crippen LogP contribution is -1.91. The number of thiophene rings is 2. The number of alkyl halides is 2. The summed E-state index contributed by atoms with van der Waals surface area (Å²) in [7, 11) is 0. The molecule has 0 atom stereocenters. The van der Waals surface area contributed by atoms with Gasteiger partial charge in [0.15, 0.2) is 0 Å². The molecule has 0 aliphatic heterocycles. The van der Waals surface area contributed by atoms with Gasteiger partial charge in [-0.05, 0) is 28.1 Å². The van der Waals surface area contributed by atoms with Gasteiger partial charge in [-0.2, -0.15) is 0 Å². The van der Waals surface area contributed by atoms with Gasteiger partial charge in [-0.3, -0.25) is 0 Å². The van der Waals surface area contributed by atoms with E-state index in [0.29, 0.717) is 5.56 Å². The van der Waals surface area contributed by atoms with Crippen molar-refractivity contribution in [3.05, 3.63) is 42.7 Å². The van der Waals surface area contributed by atoms with Crippen molar-refractivity contribution in [2.45, 2.75) is 6.43 Å². The van der Waals surface area contributed by atoms with E-state index in [1.807, 2.05) is 0 Å².